The molecule has 1 unspecified atom stereocenters. The van der Waals surface area contributed by atoms with Gasteiger partial charge in [0.15, 0.2) is 0 Å². The van der Waals surface area contributed by atoms with Gasteiger partial charge in [-0.1, -0.05) is 6.07 Å². The van der Waals surface area contributed by atoms with Gasteiger partial charge in [0, 0.05) is 49.0 Å². The second-order valence-electron chi connectivity index (χ2n) is 7.42. The summed E-state index contributed by atoms with van der Waals surface area (Å²) in [5.74, 6) is -0.897. The molecule has 160 valence electrons. The Hall–Kier alpha value is -3.75. The van der Waals surface area contributed by atoms with E-state index in [1.165, 1.54) is 12.1 Å². The Bertz CT molecular complexity index is 1110. The van der Waals surface area contributed by atoms with E-state index in [1.807, 2.05) is 6.07 Å². The molecule has 1 fully saturated rings. The van der Waals surface area contributed by atoms with E-state index in [2.05, 4.69) is 20.6 Å². The van der Waals surface area contributed by atoms with Gasteiger partial charge in [-0.25, -0.2) is 9.18 Å². The number of H-pyrrole nitrogens is 1. The molecule has 3 heterocycles. The largest absolute Gasteiger partial charge is 0.361 e. The standard InChI is InChI=1S/C22H22FN5O3/c23-16-3-4-18-17(10-16)15(13-25-18)7-9-28-21(30)19(27-22(28)31)5-6-20(29)26-12-14-2-1-8-24-11-14/h1-4,8,10-11,13,19,25H,5-7,9,12H2,(H,26,29)(H,27,31). The fourth-order valence-corrected chi connectivity index (χ4v) is 3.64. The molecule has 1 atom stereocenters. The van der Waals surface area contributed by atoms with Gasteiger partial charge in [0.2, 0.25) is 5.91 Å². The minimum Gasteiger partial charge on any atom is -0.361 e. The van der Waals surface area contributed by atoms with Crippen LogP contribution in [0.5, 0.6) is 0 Å². The second-order valence-corrected chi connectivity index (χ2v) is 7.42. The molecule has 3 N–H and O–H groups in total. The van der Waals surface area contributed by atoms with Crippen molar-refractivity contribution in [3.05, 3.63) is 65.9 Å². The van der Waals surface area contributed by atoms with Crippen LogP contribution >= 0.6 is 0 Å². The van der Waals surface area contributed by atoms with Crippen LogP contribution in [0.2, 0.25) is 0 Å². The number of amides is 4. The highest BCUT2D eigenvalue weighted by Crippen LogP contribution is 2.21. The van der Waals surface area contributed by atoms with Crippen molar-refractivity contribution >= 4 is 28.7 Å². The second kappa shape index (κ2) is 8.95. The number of halogens is 1. The number of nitrogens with zero attached hydrogens (tertiary/aromatic N) is 2. The number of nitrogens with one attached hydrogen (secondary N) is 3. The van der Waals surface area contributed by atoms with Crippen molar-refractivity contribution in [1.82, 2.24) is 25.5 Å². The number of benzene rings is 1. The van der Waals surface area contributed by atoms with Gasteiger partial charge in [-0.15, -0.1) is 0 Å². The lowest BCUT2D eigenvalue weighted by molar-refractivity contribution is -0.127. The van der Waals surface area contributed by atoms with E-state index in [1.54, 1.807) is 30.7 Å². The van der Waals surface area contributed by atoms with E-state index in [9.17, 15) is 18.8 Å². The first-order valence-corrected chi connectivity index (χ1v) is 10.0. The zero-order chi connectivity index (χ0) is 21.8. The lowest BCUT2D eigenvalue weighted by Gasteiger charge is -2.12. The minimum atomic E-state index is -0.725. The topological polar surface area (TPSA) is 107 Å². The molecule has 8 nitrogen and oxygen atoms in total. The Labute approximate surface area is 177 Å². The smallest absolute Gasteiger partial charge is 0.324 e. The van der Waals surface area contributed by atoms with E-state index in [4.69, 9.17) is 0 Å². The molecule has 1 aliphatic heterocycles. The van der Waals surface area contributed by atoms with Gasteiger partial charge in [0.05, 0.1) is 0 Å². The summed E-state index contributed by atoms with van der Waals surface area (Å²) in [6, 6.07) is 6.90. The molecule has 1 saturated heterocycles. The molecule has 0 aliphatic carbocycles. The maximum absolute atomic E-state index is 13.5. The fraction of sp³-hybridized carbons (Fsp3) is 0.273. The van der Waals surface area contributed by atoms with Gasteiger partial charge in [-0.3, -0.25) is 19.5 Å². The van der Waals surface area contributed by atoms with Crippen LogP contribution in [0.3, 0.4) is 0 Å². The monoisotopic (exact) mass is 423 g/mol. The lowest BCUT2D eigenvalue weighted by atomic mass is 10.1. The molecule has 0 saturated carbocycles. The highest BCUT2D eigenvalue weighted by Gasteiger charge is 2.37. The summed E-state index contributed by atoms with van der Waals surface area (Å²) in [4.78, 5) is 45.1. The molecule has 4 amide bonds. The summed E-state index contributed by atoms with van der Waals surface area (Å²) in [6.45, 7) is 0.535. The number of hydrogen-bond donors (Lipinski definition) is 3. The first-order valence-electron chi connectivity index (χ1n) is 10.0. The molecule has 3 aromatic rings. The number of hydrogen-bond acceptors (Lipinski definition) is 4. The highest BCUT2D eigenvalue weighted by molar-refractivity contribution is 6.04. The van der Waals surface area contributed by atoms with E-state index >= 15 is 0 Å². The van der Waals surface area contributed by atoms with Crippen molar-refractivity contribution in [2.24, 2.45) is 0 Å². The fourth-order valence-electron chi connectivity index (χ4n) is 3.64. The Kier molecular flexibility index (Phi) is 5.92. The summed E-state index contributed by atoms with van der Waals surface area (Å²) >= 11 is 0. The third-order valence-corrected chi connectivity index (χ3v) is 5.31. The summed E-state index contributed by atoms with van der Waals surface area (Å²) < 4.78 is 13.5. The third kappa shape index (κ3) is 4.71. The van der Waals surface area contributed by atoms with Crippen LogP contribution in [-0.2, 0) is 22.6 Å². The molecular weight excluding hydrogens is 401 g/mol. The number of pyridine rings is 1. The van der Waals surface area contributed by atoms with Crippen LogP contribution in [0.25, 0.3) is 10.9 Å². The number of carbonyl (C=O) groups excluding carboxylic acids is 3. The van der Waals surface area contributed by atoms with Crippen LogP contribution in [0.1, 0.15) is 24.0 Å². The normalized spacial score (nSPS) is 16.0. The van der Waals surface area contributed by atoms with Gasteiger partial charge in [-0.05, 0) is 48.2 Å². The Morgan fingerprint density at radius 3 is 2.94 bits per heavy atom. The molecule has 4 rings (SSSR count). The van der Waals surface area contributed by atoms with E-state index in [0.29, 0.717) is 13.0 Å². The number of rotatable bonds is 8. The number of imide groups is 1. The van der Waals surface area contributed by atoms with Gasteiger partial charge in [0.25, 0.3) is 5.91 Å². The lowest BCUT2D eigenvalue weighted by Crippen LogP contribution is -2.33. The number of fused-ring (bicyclic) bond motifs is 1. The average Bonchev–Trinajstić information content (AvgIpc) is 3.29. The molecule has 0 bridgehead atoms. The summed E-state index contributed by atoms with van der Waals surface area (Å²) in [5, 5.41) is 6.14. The third-order valence-electron chi connectivity index (χ3n) is 5.31. The van der Waals surface area contributed by atoms with Gasteiger partial charge in [0.1, 0.15) is 11.9 Å². The zero-order valence-corrected chi connectivity index (χ0v) is 16.7. The molecule has 31 heavy (non-hydrogen) atoms. The molecule has 2 aromatic heterocycles. The number of carbonyl (C=O) groups is 3. The van der Waals surface area contributed by atoms with Crippen LogP contribution < -0.4 is 10.6 Å². The summed E-state index contributed by atoms with van der Waals surface area (Å²) in [7, 11) is 0. The molecule has 9 heteroatoms. The highest BCUT2D eigenvalue weighted by atomic mass is 19.1. The Morgan fingerprint density at radius 2 is 2.13 bits per heavy atom. The molecular formula is C22H22FN5O3. The molecule has 1 aromatic carbocycles. The Morgan fingerprint density at radius 1 is 1.26 bits per heavy atom. The Balaban J connectivity index is 1.28. The van der Waals surface area contributed by atoms with E-state index < -0.39 is 12.1 Å². The minimum absolute atomic E-state index is 0.118. The van der Waals surface area contributed by atoms with Crippen molar-refractivity contribution in [3.8, 4) is 0 Å². The first kappa shape index (κ1) is 20.5. The number of aromatic nitrogens is 2. The molecule has 1 aliphatic rings. The van der Waals surface area contributed by atoms with E-state index in [0.717, 1.165) is 26.9 Å². The van der Waals surface area contributed by atoms with Crippen molar-refractivity contribution < 1.29 is 18.8 Å². The average molecular weight is 423 g/mol. The summed E-state index contributed by atoms with van der Waals surface area (Å²) in [5.41, 5.74) is 2.50. The van der Waals surface area contributed by atoms with Crippen molar-refractivity contribution in [3.63, 3.8) is 0 Å². The molecule has 0 spiro atoms. The molecule has 0 radical (unpaired) electrons. The van der Waals surface area contributed by atoms with Crippen molar-refractivity contribution in [2.75, 3.05) is 6.54 Å². The van der Waals surface area contributed by atoms with Crippen LogP contribution in [0, 0.1) is 5.82 Å². The van der Waals surface area contributed by atoms with Gasteiger partial charge >= 0.3 is 6.03 Å². The van der Waals surface area contributed by atoms with E-state index in [-0.39, 0.29) is 37.0 Å². The van der Waals surface area contributed by atoms with Crippen LogP contribution in [-0.4, -0.2) is 45.3 Å². The summed E-state index contributed by atoms with van der Waals surface area (Å²) in [6.07, 6.45) is 5.82. The van der Waals surface area contributed by atoms with Gasteiger partial charge < -0.3 is 15.6 Å². The number of aromatic amines is 1. The maximum Gasteiger partial charge on any atom is 0.324 e. The van der Waals surface area contributed by atoms with Crippen molar-refractivity contribution in [2.45, 2.75) is 31.8 Å². The zero-order valence-electron chi connectivity index (χ0n) is 16.7. The number of urea groups is 1. The van der Waals surface area contributed by atoms with Crippen molar-refractivity contribution in [1.29, 1.82) is 0 Å². The quantitative estimate of drug-likeness (QED) is 0.483. The van der Waals surface area contributed by atoms with Crippen LogP contribution in [0.4, 0.5) is 9.18 Å². The van der Waals surface area contributed by atoms with Gasteiger partial charge in [-0.2, -0.15) is 0 Å². The first-order chi connectivity index (χ1) is 15.0. The SMILES string of the molecule is O=C(CCC1NC(=O)N(CCc2c[nH]c3ccc(F)cc23)C1=O)NCc1cccnc1. The predicted octanol–water partition coefficient (Wildman–Crippen LogP) is 2.26. The maximum atomic E-state index is 13.5. The van der Waals surface area contributed by atoms with Crippen LogP contribution in [0.15, 0.2) is 48.9 Å². The predicted molar refractivity (Wildman–Crippen MR) is 111 cm³/mol.